The first-order valence-electron chi connectivity index (χ1n) is 4.61. The minimum Gasteiger partial charge on any atom is -0.347 e. The molecule has 3 rings (SSSR count). The van der Waals surface area contributed by atoms with Gasteiger partial charge in [0.05, 0.1) is 13.2 Å². The van der Waals surface area contributed by atoms with Gasteiger partial charge in [0, 0.05) is 18.3 Å². The molecule has 2 aliphatic carbocycles. The molecular weight excluding hydrogens is 156 g/mol. The number of carbonyl (C=O) groups excluding carboxylic acids is 1. The van der Waals surface area contributed by atoms with Gasteiger partial charge in [-0.3, -0.25) is 0 Å². The Morgan fingerprint density at radius 3 is 2.67 bits per heavy atom. The Balaban J connectivity index is 1.85. The number of fused-ring (bicyclic) bond motifs is 2. The lowest BCUT2D eigenvalue weighted by Gasteiger charge is -2.24. The third kappa shape index (κ3) is 0.666. The molecule has 0 bridgehead atoms. The van der Waals surface area contributed by atoms with Crippen LogP contribution in [-0.4, -0.2) is 25.3 Å². The molecule has 3 aliphatic rings. The molecule has 1 spiro atoms. The summed E-state index contributed by atoms with van der Waals surface area (Å²) in [5.74, 6) is 0.853. The normalized spacial score (nSPS) is 47.8. The van der Waals surface area contributed by atoms with Crippen molar-refractivity contribution in [2.24, 2.45) is 17.8 Å². The molecule has 0 radical (unpaired) electrons. The van der Waals surface area contributed by atoms with Crippen LogP contribution in [0.4, 0.5) is 0 Å². The Hall–Kier alpha value is -0.410. The zero-order chi connectivity index (χ0) is 8.18. The van der Waals surface area contributed by atoms with Gasteiger partial charge in [-0.05, 0) is 12.3 Å². The van der Waals surface area contributed by atoms with Crippen LogP contribution in [0.25, 0.3) is 0 Å². The molecule has 12 heavy (non-hydrogen) atoms. The topological polar surface area (TPSA) is 35.5 Å². The van der Waals surface area contributed by atoms with Gasteiger partial charge in [-0.15, -0.1) is 0 Å². The van der Waals surface area contributed by atoms with Crippen molar-refractivity contribution >= 4 is 6.29 Å². The number of rotatable bonds is 1. The third-order valence-electron chi connectivity index (χ3n) is 3.50. The summed E-state index contributed by atoms with van der Waals surface area (Å²) in [5, 5.41) is 0. The highest BCUT2D eigenvalue weighted by Gasteiger charge is 2.68. The van der Waals surface area contributed by atoms with Crippen molar-refractivity contribution < 1.29 is 14.3 Å². The molecule has 66 valence electrons. The van der Waals surface area contributed by atoms with Gasteiger partial charge in [0.15, 0.2) is 5.79 Å². The summed E-state index contributed by atoms with van der Waals surface area (Å²) in [4.78, 5) is 10.6. The molecule has 0 aromatic heterocycles. The van der Waals surface area contributed by atoms with Crippen molar-refractivity contribution in [1.82, 2.24) is 0 Å². The summed E-state index contributed by atoms with van der Waals surface area (Å²) in [5.41, 5.74) is 0. The first kappa shape index (κ1) is 7.04. The predicted octanol–water partition coefficient (Wildman–Crippen LogP) is 0.584. The number of ether oxygens (including phenoxy) is 2. The van der Waals surface area contributed by atoms with Crippen LogP contribution in [0.3, 0.4) is 0 Å². The largest absolute Gasteiger partial charge is 0.347 e. The molecule has 0 aromatic carbocycles. The predicted molar refractivity (Wildman–Crippen MR) is 40.4 cm³/mol. The van der Waals surface area contributed by atoms with Gasteiger partial charge in [-0.25, -0.2) is 0 Å². The number of hydrogen-bond acceptors (Lipinski definition) is 3. The zero-order valence-corrected chi connectivity index (χ0v) is 6.86. The van der Waals surface area contributed by atoms with E-state index in [2.05, 4.69) is 0 Å². The van der Waals surface area contributed by atoms with Crippen LogP contribution in [0.5, 0.6) is 0 Å². The van der Waals surface area contributed by atoms with E-state index in [0.717, 1.165) is 19.1 Å². The Kier molecular flexibility index (Phi) is 1.23. The summed E-state index contributed by atoms with van der Waals surface area (Å²) in [6.45, 7) is 1.41. The van der Waals surface area contributed by atoms with E-state index < -0.39 is 0 Å². The van der Waals surface area contributed by atoms with E-state index in [-0.39, 0.29) is 11.7 Å². The van der Waals surface area contributed by atoms with Crippen LogP contribution in [-0.2, 0) is 14.3 Å². The summed E-state index contributed by atoms with van der Waals surface area (Å²) < 4.78 is 11.2. The highest BCUT2D eigenvalue weighted by molar-refractivity contribution is 5.60. The van der Waals surface area contributed by atoms with Gasteiger partial charge in [0.1, 0.15) is 6.29 Å². The van der Waals surface area contributed by atoms with Gasteiger partial charge in [-0.1, -0.05) is 0 Å². The second-order valence-electron chi connectivity index (χ2n) is 3.95. The smallest absolute Gasteiger partial charge is 0.172 e. The second kappa shape index (κ2) is 2.09. The van der Waals surface area contributed by atoms with Gasteiger partial charge >= 0.3 is 0 Å². The summed E-state index contributed by atoms with van der Waals surface area (Å²) in [6, 6.07) is 0. The first-order valence-corrected chi connectivity index (χ1v) is 4.61. The van der Waals surface area contributed by atoms with Crippen LogP contribution in [0.1, 0.15) is 12.8 Å². The minimum absolute atomic E-state index is 0.233. The molecule has 0 unspecified atom stereocenters. The van der Waals surface area contributed by atoms with Crippen LogP contribution in [0.15, 0.2) is 0 Å². The molecule has 3 nitrogen and oxygen atoms in total. The van der Waals surface area contributed by atoms with Crippen molar-refractivity contribution in [3.63, 3.8) is 0 Å². The van der Waals surface area contributed by atoms with Crippen LogP contribution in [0, 0.1) is 17.8 Å². The quantitative estimate of drug-likeness (QED) is 0.537. The lowest BCUT2D eigenvalue weighted by molar-refractivity contribution is -0.171. The lowest BCUT2D eigenvalue weighted by atomic mass is 10.1. The molecule has 1 heterocycles. The van der Waals surface area contributed by atoms with Gasteiger partial charge in [0.2, 0.25) is 0 Å². The van der Waals surface area contributed by atoms with E-state index >= 15 is 0 Å². The molecule has 1 saturated heterocycles. The molecule has 0 N–H and O–H groups in total. The molecule has 3 atom stereocenters. The van der Waals surface area contributed by atoms with Crippen LogP contribution < -0.4 is 0 Å². The molecule has 0 amide bonds. The van der Waals surface area contributed by atoms with E-state index in [9.17, 15) is 4.79 Å². The van der Waals surface area contributed by atoms with Crippen molar-refractivity contribution in [3.8, 4) is 0 Å². The van der Waals surface area contributed by atoms with Gasteiger partial charge in [0.25, 0.3) is 0 Å². The fourth-order valence-electron chi connectivity index (χ4n) is 2.92. The summed E-state index contributed by atoms with van der Waals surface area (Å²) >= 11 is 0. The van der Waals surface area contributed by atoms with Crippen molar-refractivity contribution in [2.45, 2.75) is 18.6 Å². The Bertz CT molecular complexity index is 214. The first-order chi connectivity index (χ1) is 5.87. The molecule has 1 aliphatic heterocycles. The number of carbonyl (C=O) groups is 1. The van der Waals surface area contributed by atoms with E-state index in [4.69, 9.17) is 9.47 Å². The molecule has 3 fully saturated rings. The maximum Gasteiger partial charge on any atom is 0.172 e. The monoisotopic (exact) mass is 168 g/mol. The lowest BCUT2D eigenvalue weighted by Crippen LogP contribution is -2.31. The fraction of sp³-hybridized carbons (Fsp3) is 0.889. The third-order valence-corrected chi connectivity index (χ3v) is 3.50. The average Bonchev–Trinajstić information content (AvgIpc) is 2.45. The average molecular weight is 168 g/mol. The van der Waals surface area contributed by atoms with Crippen molar-refractivity contribution in [2.75, 3.05) is 13.2 Å². The maximum absolute atomic E-state index is 10.6. The van der Waals surface area contributed by atoms with E-state index in [1.807, 2.05) is 0 Å². The van der Waals surface area contributed by atoms with E-state index in [1.54, 1.807) is 0 Å². The number of aldehydes is 1. The van der Waals surface area contributed by atoms with Gasteiger partial charge < -0.3 is 14.3 Å². The van der Waals surface area contributed by atoms with Crippen LogP contribution in [0.2, 0.25) is 0 Å². The summed E-state index contributed by atoms with van der Waals surface area (Å²) in [6.07, 6.45) is 3.17. The Morgan fingerprint density at radius 2 is 2.08 bits per heavy atom. The standard InChI is InChI=1S/C9H12O3/c10-5-7-6-1-2-9(8(6)7)11-3-4-12-9/h5-8H,1-4H2/t6-,7+,8-/m0/s1. The highest BCUT2D eigenvalue weighted by atomic mass is 16.7. The molecular formula is C9H12O3. The Morgan fingerprint density at radius 1 is 1.33 bits per heavy atom. The molecule has 3 heteroatoms. The van der Waals surface area contributed by atoms with Gasteiger partial charge in [-0.2, -0.15) is 0 Å². The van der Waals surface area contributed by atoms with Crippen LogP contribution >= 0.6 is 0 Å². The molecule has 0 aromatic rings. The van der Waals surface area contributed by atoms with Crippen molar-refractivity contribution in [3.05, 3.63) is 0 Å². The number of hydrogen-bond donors (Lipinski definition) is 0. The minimum atomic E-state index is -0.337. The van der Waals surface area contributed by atoms with E-state index in [1.165, 1.54) is 0 Å². The highest BCUT2D eigenvalue weighted by Crippen LogP contribution is 2.63. The summed E-state index contributed by atoms with van der Waals surface area (Å²) in [7, 11) is 0. The maximum atomic E-state index is 10.6. The van der Waals surface area contributed by atoms with Crippen molar-refractivity contribution in [1.29, 1.82) is 0 Å². The van der Waals surface area contributed by atoms with E-state index in [0.29, 0.717) is 25.0 Å². The SMILES string of the molecule is O=C[C@@H]1[C@@H]2CCC3(OCCO3)[C@H]12. The fourth-order valence-corrected chi connectivity index (χ4v) is 2.92. The Labute approximate surface area is 71.0 Å². The zero-order valence-electron chi connectivity index (χ0n) is 6.86. The second-order valence-corrected chi connectivity index (χ2v) is 3.95. The molecule has 2 saturated carbocycles.